The minimum atomic E-state index is -0.150. The normalized spacial score (nSPS) is 16.2. The van der Waals surface area contributed by atoms with Crippen LogP contribution in [-0.4, -0.2) is 16.4 Å². The first kappa shape index (κ1) is 39.3. The van der Waals surface area contributed by atoms with Crippen LogP contribution in [0.15, 0.2) is 126 Å². The minimum Gasteiger partial charge on any atom is -0.436 e. The number of hydrogen-bond donors (Lipinski definition) is 0. The maximum atomic E-state index is 6.76. The van der Waals surface area contributed by atoms with Crippen molar-refractivity contribution in [3.05, 3.63) is 144 Å². The minimum absolute atomic E-state index is 0.0257. The molecule has 0 radical (unpaired) electrons. The number of nitrogens with zero attached hydrogens (tertiary/aromatic N) is 3. The van der Waals surface area contributed by atoms with E-state index in [0.29, 0.717) is 5.89 Å². The van der Waals surface area contributed by atoms with Gasteiger partial charge in [0.05, 0.1) is 11.0 Å². The molecule has 13 rings (SSSR count). The summed E-state index contributed by atoms with van der Waals surface area (Å²) in [7, 11) is 0. The highest BCUT2D eigenvalue weighted by Crippen LogP contribution is 2.56. The number of aromatic nitrogens is 2. The molecule has 3 aromatic heterocycles. The Balaban J connectivity index is 1.26. The van der Waals surface area contributed by atoms with Crippen molar-refractivity contribution < 1.29 is 4.42 Å². The van der Waals surface area contributed by atoms with Crippen LogP contribution in [0, 0.1) is 0 Å². The molecule has 4 nitrogen and oxygen atoms in total. The van der Waals surface area contributed by atoms with Gasteiger partial charge in [0.2, 0.25) is 5.89 Å². The molecular formula is C59H54BN3OS. The number of fused-ring (bicyclic) bond motifs is 15. The SMILES string of the molecule is CC(C)(C)c1ccc(N2B3c4cc5nc(-c6ccccc6)oc5cc4-n4c5ccc(C(C)(C)C)cc5c5c6c(sc7ccccc76)c(c3c54)-c3cc4c(cc32)C(C)(C)CCC4(C)C)cc1. The predicted octanol–water partition coefficient (Wildman–Crippen LogP) is 15.1. The third kappa shape index (κ3) is 5.41. The molecule has 1 aliphatic carbocycles. The van der Waals surface area contributed by atoms with Crippen molar-refractivity contribution in [3.8, 4) is 28.3 Å². The van der Waals surface area contributed by atoms with E-state index >= 15 is 0 Å². The second-order valence-corrected chi connectivity index (χ2v) is 23.7. The quantitative estimate of drug-likeness (QED) is 0.162. The lowest BCUT2D eigenvalue weighted by Gasteiger charge is -2.46. The molecule has 320 valence electrons. The summed E-state index contributed by atoms with van der Waals surface area (Å²) in [6, 6.07) is 46.2. The molecule has 0 bridgehead atoms. The van der Waals surface area contributed by atoms with Gasteiger partial charge < -0.3 is 13.8 Å². The first-order valence-electron chi connectivity index (χ1n) is 23.5. The van der Waals surface area contributed by atoms with Crippen molar-refractivity contribution in [3.63, 3.8) is 0 Å². The zero-order chi connectivity index (χ0) is 44.7. The topological polar surface area (TPSA) is 34.2 Å². The monoisotopic (exact) mass is 863 g/mol. The first-order valence-corrected chi connectivity index (χ1v) is 24.3. The largest absolute Gasteiger partial charge is 0.436 e. The fraction of sp³-hybridized carbons (Fsp3) is 0.271. The summed E-state index contributed by atoms with van der Waals surface area (Å²) in [6.45, 7) is 23.7. The maximum absolute atomic E-state index is 6.76. The van der Waals surface area contributed by atoms with Crippen molar-refractivity contribution in [2.75, 3.05) is 4.81 Å². The zero-order valence-corrected chi connectivity index (χ0v) is 40.0. The fourth-order valence-electron chi connectivity index (χ4n) is 11.8. The Kier molecular flexibility index (Phi) is 7.75. The van der Waals surface area contributed by atoms with Gasteiger partial charge in [0, 0.05) is 70.8 Å². The zero-order valence-electron chi connectivity index (χ0n) is 39.2. The van der Waals surface area contributed by atoms with Crippen LogP contribution in [0.1, 0.15) is 104 Å². The van der Waals surface area contributed by atoms with Crippen molar-refractivity contribution in [1.82, 2.24) is 9.55 Å². The van der Waals surface area contributed by atoms with Gasteiger partial charge in [-0.15, -0.1) is 11.3 Å². The van der Waals surface area contributed by atoms with Crippen LogP contribution in [0.4, 0.5) is 11.4 Å². The summed E-state index contributed by atoms with van der Waals surface area (Å²) in [4.78, 5) is 7.97. The molecule has 10 aromatic rings. The van der Waals surface area contributed by atoms with Gasteiger partial charge in [0.15, 0.2) is 5.58 Å². The smallest absolute Gasteiger partial charge is 0.333 e. The van der Waals surface area contributed by atoms with Crippen molar-refractivity contribution in [1.29, 1.82) is 0 Å². The lowest BCUT2D eigenvalue weighted by atomic mass is 9.43. The number of benzene rings is 7. The Morgan fingerprint density at radius 1 is 0.662 bits per heavy atom. The van der Waals surface area contributed by atoms with Gasteiger partial charge in [-0.2, -0.15) is 0 Å². The van der Waals surface area contributed by atoms with E-state index in [0.717, 1.165) is 35.2 Å². The van der Waals surface area contributed by atoms with Gasteiger partial charge in [-0.3, -0.25) is 0 Å². The van der Waals surface area contributed by atoms with E-state index in [4.69, 9.17) is 9.40 Å². The molecule has 3 aliphatic rings. The number of thiophene rings is 1. The maximum Gasteiger partial charge on any atom is 0.333 e. The number of oxazole rings is 1. The standard InChI is InChI=1S/C59H54BN3OS/c1-56(2,3)34-20-23-36(24-21-34)63-45-30-41-40(58(7,8)26-27-59(41,9)10)29-39(45)51-52-53-49(50-37-18-14-15-19-48(37)65-54(50)51)38-28-35(57(4,5)6)22-25-44(38)62(53)46-32-47-43(31-42(46)60(52)63)61-55(64-47)33-16-12-11-13-17-33/h11-25,28-32H,26-27H2,1-10H3. The summed E-state index contributed by atoms with van der Waals surface area (Å²) < 4.78 is 12.1. The molecule has 0 N–H and O–H groups in total. The van der Waals surface area contributed by atoms with Crippen LogP contribution in [0.25, 0.3) is 81.3 Å². The Morgan fingerprint density at radius 2 is 1.34 bits per heavy atom. The molecule has 0 spiro atoms. The van der Waals surface area contributed by atoms with Crippen LogP contribution in [-0.2, 0) is 21.7 Å². The van der Waals surface area contributed by atoms with E-state index < -0.39 is 0 Å². The van der Waals surface area contributed by atoms with Crippen LogP contribution < -0.4 is 15.7 Å². The Hall–Kier alpha value is -6.11. The molecule has 0 atom stereocenters. The lowest BCUT2D eigenvalue weighted by Crippen LogP contribution is -2.60. The lowest BCUT2D eigenvalue weighted by molar-refractivity contribution is 0.332. The highest BCUT2D eigenvalue weighted by atomic mass is 32.1. The summed E-state index contributed by atoms with van der Waals surface area (Å²) in [6.07, 6.45) is 2.31. The van der Waals surface area contributed by atoms with Crippen LogP contribution in [0.3, 0.4) is 0 Å². The Morgan fingerprint density at radius 3 is 2.06 bits per heavy atom. The molecular weight excluding hydrogens is 810 g/mol. The average Bonchev–Trinajstić information content (AvgIpc) is 3.98. The van der Waals surface area contributed by atoms with E-state index in [1.54, 1.807) is 0 Å². The van der Waals surface area contributed by atoms with Crippen molar-refractivity contribution in [2.24, 2.45) is 0 Å². The Labute approximate surface area is 386 Å². The van der Waals surface area contributed by atoms with Crippen LogP contribution >= 0.6 is 11.3 Å². The molecule has 7 aromatic carbocycles. The van der Waals surface area contributed by atoms with E-state index in [1.807, 2.05) is 17.4 Å². The van der Waals surface area contributed by atoms with Crippen molar-refractivity contribution >= 4 is 93.6 Å². The summed E-state index contributed by atoms with van der Waals surface area (Å²) in [5, 5.41) is 5.35. The molecule has 65 heavy (non-hydrogen) atoms. The molecule has 5 heterocycles. The van der Waals surface area contributed by atoms with Crippen LogP contribution in [0.2, 0.25) is 0 Å². The number of hydrogen-bond acceptors (Lipinski definition) is 4. The third-order valence-electron chi connectivity index (χ3n) is 15.6. The van der Waals surface area contributed by atoms with Gasteiger partial charge in [0.1, 0.15) is 5.52 Å². The van der Waals surface area contributed by atoms with E-state index in [1.165, 1.54) is 97.7 Å². The number of rotatable bonds is 2. The van der Waals surface area contributed by atoms with Gasteiger partial charge in [-0.05, 0) is 128 Å². The van der Waals surface area contributed by atoms with E-state index in [-0.39, 0.29) is 28.5 Å². The van der Waals surface area contributed by atoms with E-state index in [9.17, 15) is 0 Å². The molecule has 6 heteroatoms. The van der Waals surface area contributed by atoms with Crippen molar-refractivity contribution in [2.45, 2.75) is 104 Å². The number of anilines is 2. The van der Waals surface area contributed by atoms with Gasteiger partial charge >= 0.3 is 6.85 Å². The molecule has 0 unspecified atom stereocenters. The summed E-state index contributed by atoms with van der Waals surface area (Å²) in [5.41, 5.74) is 19.8. The molecule has 0 fully saturated rings. The van der Waals surface area contributed by atoms with Gasteiger partial charge in [-0.1, -0.05) is 124 Å². The highest BCUT2D eigenvalue weighted by Gasteiger charge is 2.48. The molecule has 0 saturated carbocycles. The fourth-order valence-corrected chi connectivity index (χ4v) is 13.1. The second-order valence-electron chi connectivity index (χ2n) is 22.6. The Bertz CT molecular complexity index is 3680. The van der Waals surface area contributed by atoms with Crippen LogP contribution in [0.5, 0.6) is 0 Å². The predicted molar refractivity (Wildman–Crippen MR) is 278 cm³/mol. The van der Waals surface area contributed by atoms with Gasteiger partial charge in [-0.25, -0.2) is 4.98 Å². The van der Waals surface area contributed by atoms with Gasteiger partial charge in [0.25, 0.3) is 0 Å². The first-order chi connectivity index (χ1) is 31.0. The molecule has 0 saturated heterocycles. The highest BCUT2D eigenvalue weighted by molar-refractivity contribution is 7.27. The third-order valence-corrected chi connectivity index (χ3v) is 16.8. The summed E-state index contributed by atoms with van der Waals surface area (Å²) >= 11 is 1.98. The summed E-state index contributed by atoms with van der Waals surface area (Å²) in [5.74, 6) is 0.644. The second kappa shape index (κ2) is 12.8. The molecule has 0 amide bonds. The average molecular weight is 864 g/mol. The van der Waals surface area contributed by atoms with E-state index in [2.05, 4.69) is 194 Å². The molecule has 2 aliphatic heterocycles.